The van der Waals surface area contributed by atoms with Gasteiger partial charge in [-0.05, 0) is 36.8 Å². The number of ether oxygens (including phenoxy) is 1. The number of nitrogens with one attached hydrogen (secondary N) is 2. The Bertz CT molecular complexity index is 553. The van der Waals surface area contributed by atoms with Crippen LogP contribution in [0.15, 0.2) is 54.6 Å². The van der Waals surface area contributed by atoms with Crippen molar-refractivity contribution in [3.05, 3.63) is 60.2 Å². The van der Waals surface area contributed by atoms with Crippen LogP contribution in [0.5, 0.6) is 5.75 Å². The predicted octanol–water partition coefficient (Wildman–Crippen LogP) is 2.81. The maximum Gasteiger partial charge on any atom is 0.239 e. The van der Waals surface area contributed by atoms with Crippen LogP contribution in [-0.4, -0.2) is 19.0 Å². The van der Waals surface area contributed by atoms with E-state index in [-0.39, 0.29) is 12.5 Å². The summed E-state index contributed by atoms with van der Waals surface area (Å²) >= 11 is 0. The van der Waals surface area contributed by atoms with Crippen LogP contribution in [0.1, 0.15) is 12.5 Å². The molecular weight excluding hydrogens is 264 g/mol. The molecule has 2 aromatic rings. The van der Waals surface area contributed by atoms with Gasteiger partial charge in [0.15, 0.2) is 0 Å². The van der Waals surface area contributed by atoms with E-state index in [0.29, 0.717) is 13.2 Å². The molecule has 0 atom stereocenters. The second-order valence-electron chi connectivity index (χ2n) is 4.61. The zero-order valence-electron chi connectivity index (χ0n) is 12.1. The summed E-state index contributed by atoms with van der Waals surface area (Å²) in [5.74, 6) is 0.796. The average molecular weight is 284 g/mol. The number of rotatable bonds is 7. The molecule has 4 heteroatoms. The van der Waals surface area contributed by atoms with Crippen molar-refractivity contribution in [2.24, 2.45) is 0 Å². The van der Waals surface area contributed by atoms with Crippen LogP contribution < -0.4 is 15.4 Å². The second kappa shape index (κ2) is 7.94. The molecule has 4 nitrogen and oxygen atoms in total. The van der Waals surface area contributed by atoms with E-state index < -0.39 is 0 Å². The van der Waals surface area contributed by atoms with Crippen molar-refractivity contribution >= 4 is 11.6 Å². The third-order valence-corrected chi connectivity index (χ3v) is 2.93. The van der Waals surface area contributed by atoms with Crippen molar-refractivity contribution in [2.75, 3.05) is 18.4 Å². The first-order valence-corrected chi connectivity index (χ1v) is 7.05. The molecule has 2 rings (SSSR count). The Hall–Kier alpha value is -2.49. The van der Waals surface area contributed by atoms with Crippen LogP contribution >= 0.6 is 0 Å². The maximum absolute atomic E-state index is 11.3. The number of hydrogen-bond donors (Lipinski definition) is 2. The van der Waals surface area contributed by atoms with Crippen LogP contribution in [0.2, 0.25) is 0 Å². The average Bonchev–Trinajstić information content (AvgIpc) is 2.53. The molecule has 1 amide bonds. The third-order valence-electron chi connectivity index (χ3n) is 2.93. The number of anilines is 1. The third kappa shape index (κ3) is 5.18. The minimum absolute atomic E-state index is 0.0121. The summed E-state index contributed by atoms with van der Waals surface area (Å²) in [7, 11) is 0. The zero-order valence-corrected chi connectivity index (χ0v) is 12.1. The molecule has 0 aliphatic carbocycles. The summed E-state index contributed by atoms with van der Waals surface area (Å²) in [6.07, 6.45) is 0. The van der Waals surface area contributed by atoms with Gasteiger partial charge in [-0.15, -0.1) is 0 Å². The monoisotopic (exact) mass is 284 g/mol. The largest absolute Gasteiger partial charge is 0.489 e. The van der Waals surface area contributed by atoms with Gasteiger partial charge in [-0.2, -0.15) is 0 Å². The molecule has 0 radical (unpaired) electrons. The van der Waals surface area contributed by atoms with Crippen LogP contribution in [0, 0.1) is 0 Å². The molecule has 0 unspecified atom stereocenters. The molecule has 110 valence electrons. The zero-order chi connectivity index (χ0) is 14.9. The van der Waals surface area contributed by atoms with E-state index in [0.717, 1.165) is 17.0 Å². The number of carbonyl (C=O) groups is 1. The summed E-state index contributed by atoms with van der Waals surface area (Å²) in [6, 6.07) is 17.6. The lowest BCUT2D eigenvalue weighted by Crippen LogP contribution is -2.29. The molecule has 2 N–H and O–H groups in total. The van der Waals surface area contributed by atoms with Gasteiger partial charge < -0.3 is 15.4 Å². The highest BCUT2D eigenvalue weighted by Crippen LogP contribution is 2.16. The molecule has 0 aliphatic rings. The van der Waals surface area contributed by atoms with Crippen LogP contribution in [0.25, 0.3) is 0 Å². The van der Waals surface area contributed by atoms with Gasteiger partial charge in [0.2, 0.25) is 5.91 Å². The minimum Gasteiger partial charge on any atom is -0.489 e. The number of amides is 1. The van der Waals surface area contributed by atoms with E-state index in [2.05, 4.69) is 10.6 Å². The molecule has 0 heterocycles. The first kappa shape index (κ1) is 14.9. The van der Waals surface area contributed by atoms with Gasteiger partial charge >= 0.3 is 0 Å². The summed E-state index contributed by atoms with van der Waals surface area (Å²) < 4.78 is 5.70. The number of hydrogen-bond acceptors (Lipinski definition) is 3. The number of likely N-dealkylation sites (N-methyl/N-ethyl adjacent to an activating group) is 1. The van der Waals surface area contributed by atoms with E-state index in [1.165, 1.54) is 0 Å². The summed E-state index contributed by atoms with van der Waals surface area (Å²) in [5, 5.41) is 5.80. The van der Waals surface area contributed by atoms with E-state index in [9.17, 15) is 4.79 Å². The summed E-state index contributed by atoms with van der Waals surface area (Å²) in [5.41, 5.74) is 2.03. The van der Waals surface area contributed by atoms with Crippen molar-refractivity contribution < 1.29 is 9.53 Å². The molecular formula is C17H20N2O2. The van der Waals surface area contributed by atoms with Crippen molar-refractivity contribution in [3.63, 3.8) is 0 Å². The van der Waals surface area contributed by atoms with Gasteiger partial charge in [-0.25, -0.2) is 0 Å². The second-order valence-corrected chi connectivity index (χ2v) is 4.61. The van der Waals surface area contributed by atoms with Crippen molar-refractivity contribution in [2.45, 2.75) is 13.5 Å². The topological polar surface area (TPSA) is 50.4 Å². The molecule has 0 bridgehead atoms. The highest BCUT2D eigenvalue weighted by molar-refractivity contribution is 5.80. The molecule has 0 saturated carbocycles. The quantitative estimate of drug-likeness (QED) is 0.822. The molecule has 0 aromatic heterocycles. The molecule has 2 aromatic carbocycles. The smallest absolute Gasteiger partial charge is 0.239 e. The van der Waals surface area contributed by atoms with Crippen LogP contribution in [0.4, 0.5) is 5.69 Å². The van der Waals surface area contributed by atoms with Gasteiger partial charge in [-0.3, -0.25) is 4.79 Å². The number of benzene rings is 2. The molecule has 0 aliphatic heterocycles. The predicted molar refractivity (Wildman–Crippen MR) is 84.4 cm³/mol. The Morgan fingerprint density at radius 3 is 2.43 bits per heavy atom. The normalized spacial score (nSPS) is 9.95. The van der Waals surface area contributed by atoms with Gasteiger partial charge in [-0.1, -0.05) is 30.3 Å². The fraction of sp³-hybridized carbons (Fsp3) is 0.235. The van der Waals surface area contributed by atoms with Crippen molar-refractivity contribution in [3.8, 4) is 5.75 Å². The van der Waals surface area contributed by atoms with E-state index >= 15 is 0 Å². The number of carbonyl (C=O) groups excluding carboxylic acids is 1. The molecule has 0 saturated heterocycles. The van der Waals surface area contributed by atoms with Gasteiger partial charge in [0.1, 0.15) is 12.4 Å². The summed E-state index contributed by atoms with van der Waals surface area (Å²) in [4.78, 5) is 11.3. The van der Waals surface area contributed by atoms with Gasteiger partial charge in [0.05, 0.1) is 6.54 Å². The Labute approximate surface area is 125 Å². The highest BCUT2D eigenvalue weighted by atomic mass is 16.5. The van der Waals surface area contributed by atoms with Crippen molar-refractivity contribution in [1.29, 1.82) is 0 Å². The minimum atomic E-state index is -0.0121. The van der Waals surface area contributed by atoms with Gasteiger partial charge in [0, 0.05) is 12.2 Å². The summed E-state index contributed by atoms with van der Waals surface area (Å²) in [6.45, 7) is 3.37. The first-order valence-electron chi connectivity index (χ1n) is 7.05. The van der Waals surface area contributed by atoms with Crippen LogP contribution in [0.3, 0.4) is 0 Å². The highest BCUT2D eigenvalue weighted by Gasteiger charge is 2.00. The van der Waals surface area contributed by atoms with Crippen molar-refractivity contribution in [1.82, 2.24) is 5.32 Å². The Balaban J connectivity index is 1.80. The lowest BCUT2D eigenvalue weighted by Gasteiger charge is -2.09. The lowest BCUT2D eigenvalue weighted by molar-refractivity contribution is -0.119. The Morgan fingerprint density at radius 2 is 1.76 bits per heavy atom. The van der Waals surface area contributed by atoms with E-state index in [1.807, 2.05) is 61.5 Å². The first-order chi connectivity index (χ1) is 10.3. The molecule has 0 fully saturated rings. The fourth-order valence-corrected chi connectivity index (χ4v) is 1.85. The SMILES string of the molecule is CCNC(=O)CNc1ccc(OCc2ccccc2)cc1. The Morgan fingerprint density at radius 1 is 1.05 bits per heavy atom. The van der Waals surface area contributed by atoms with E-state index in [4.69, 9.17) is 4.74 Å². The maximum atomic E-state index is 11.3. The lowest BCUT2D eigenvalue weighted by atomic mass is 10.2. The molecule has 0 spiro atoms. The standard InChI is InChI=1S/C17H20N2O2/c1-2-18-17(20)12-19-15-8-10-16(11-9-15)21-13-14-6-4-3-5-7-14/h3-11,19H,2,12-13H2,1H3,(H,18,20). The van der Waals surface area contributed by atoms with Crippen LogP contribution in [-0.2, 0) is 11.4 Å². The Kier molecular flexibility index (Phi) is 5.64. The fourth-order valence-electron chi connectivity index (χ4n) is 1.85. The van der Waals surface area contributed by atoms with E-state index in [1.54, 1.807) is 0 Å². The van der Waals surface area contributed by atoms with Gasteiger partial charge in [0.25, 0.3) is 0 Å². The molecule has 21 heavy (non-hydrogen) atoms.